The average Bonchev–Trinajstić information content (AvgIpc) is 3.15. The van der Waals surface area contributed by atoms with Crippen LogP contribution in [-0.4, -0.2) is 61.1 Å². The van der Waals surface area contributed by atoms with Crippen molar-refractivity contribution in [1.82, 2.24) is 0 Å². The monoisotopic (exact) mass is 592 g/mol. The van der Waals surface area contributed by atoms with Gasteiger partial charge in [-0.3, -0.25) is 9.11 Å². The van der Waals surface area contributed by atoms with Gasteiger partial charge in [0.25, 0.3) is 0 Å². The van der Waals surface area contributed by atoms with E-state index in [0.717, 1.165) is 37.7 Å². The van der Waals surface area contributed by atoms with E-state index in [9.17, 15) is 31.6 Å². The van der Waals surface area contributed by atoms with E-state index >= 15 is 0 Å². The maximum atomic E-state index is 11.4. The molecular formula is C27H44O10S2. The number of allylic oxidation sites excluding steroid dienone is 1. The van der Waals surface area contributed by atoms with Crippen LogP contribution in [-0.2, 0) is 29.2 Å². The zero-order valence-electron chi connectivity index (χ0n) is 23.0. The Morgan fingerprint density at radius 2 is 1.79 bits per heavy atom. The highest BCUT2D eigenvalue weighted by atomic mass is 32.3. The van der Waals surface area contributed by atoms with E-state index in [-0.39, 0.29) is 35.7 Å². The first-order valence-corrected chi connectivity index (χ1v) is 16.7. The number of hydrogen-bond acceptors (Lipinski definition) is 8. The van der Waals surface area contributed by atoms with Crippen LogP contribution in [0.1, 0.15) is 78.6 Å². The Morgan fingerprint density at radius 3 is 2.41 bits per heavy atom. The fourth-order valence-corrected chi connectivity index (χ4v) is 9.79. The molecule has 12 heteroatoms. The van der Waals surface area contributed by atoms with Gasteiger partial charge in [0, 0.05) is 0 Å². The number of aliphatic hydroxyl groups is 2. The molecule has 0 saturated heterocycles. The second kappa shape index (κ2) is 11.1. The van der Waals surface area contributed by atoms with Crippen molar-refractivity contribution in [3.05, 3.63) is 23.8 Å². The molecule has 0 aromatic heterocycles. The molecule has 0 spiro atoms. The molecule has 4 rings (SSSR count). The molecule has 0 aliphatic heterocycles. The largest absolute Gasteiger partial charge is 0.397 e. The van der Waals surface area contributed by atoms with Gasteiger partial charge in [0.2, 0.25) is 0 Å². The lowest BCUT2D eigenvalue weighted by atomic mass is 9.46. The minimum absolute atomic E-state index is 0.0752. The van der Waals surface area contributed by atoms with Crippen molar-refractivity contribution in [1.29, 1.82) is 0 Å². The highest BCUT2D eigenvalue weighted by Gasteiger charge is 2.60. The summed E-state index contributed by atoms with van der Waals surface area (Å²) in [5, 5.41) is 21.2. The van der Waals surface area contributed by atoms with E-state index in [2.05, 4.69) is 26.5 Å². The lowest BCUT2D eigenvalue weighted by molar-refractivity contribution is -0.0867. The van der Waals surface area contributed by atoms with Gasteiger partial charge in [-0.2, -0.15) is 16.8 Å². The van der Waals surface area contributed by atoms with Gasteiger partial charge in [-0.15, -0.1) is 0 Å². The van der Waals surface area contributed by atoms with Crippen LogP contribution in [0.3, 0.4) is 0 Å². The standard InChI is InChI=1S/C27H44O10S2/c1-16(2)23(28)10-5-17(15-36-38(30,31)32)20-8-9-21-19-7-6-18-13-25(37-39(33,34)35)24(29)14-27(18,4)22(19)11-12-26(20,21)3/h6,17,19-25,28-29H,1,5,7-15H2,2-4H3,(H,30,31,32)(H,33,34,35)/t17-,19-,20+,21-,22-,23-,24-,25-,26+,27-/m0/s1. The first kappa shape index (κ1) is 31.1. The SMILES string of the molecule is C=C(C)[C@@H](O)CC[C@@H](COS(=O)(=O)O)[C@H]1CC[C@H]2[C@@H]3CC=C4C[C@H](OS(=O)(=O)O)[C@@H](O)C[C@]4(C)[C@H]3CC[C@]12C. The quantitative estimate of drug-likeness (QED) is 0.216. The normalized spacial score (nSPS) is 40.1. The fraction of sp³-hybridized carbons (Fsp3) is 0.852. The molecule has 0 bridgehead atoms. The van der Waals surface area contributed by atoms with Gasteiger partial charge in [0.05, 0.1) is 18.8 Å². The smallest absolute Gasteiger partial charge is 0.390 e. The third-order valence-electron chi connectivity index (χ3n) is 10.8. The van der Waals surface area contributed by atoms with Gasteiger partial charge in [-0.05, 0) is 105 Å². The van der Waals surface area contributed by atoms with E-state index < -0.39 is 39.1 Å². The summed E-state index contributed by atoms with van der Waals surface area (Å²) in [5.74, 6) is 1.03. The van der Waals surface area contributed by atoms with Crippen LogP contribution in [0.15, 0.2) is 23.8 Å². The van der Waals surface area contributed by atoms with Crippen molar-refractivity contribution < 1.29 is 44.5 Å². The molecule has 0 amide bonds. The molecule has 39 heavy (non-hydrogen) atoms. The van der Waals surface area contributed by atoms with E-state index in [1.807, 2.05) is 0 Å². The van der Waals surface area contributed by atoms with Crippen LogP contribution in [0.2, 0.25) is 0 Å². The fourth-order valence-electron chi connectivity index (χ4n) is 8.94. The molecule has 0 heterocycles. The van der Waals surface area contributed by atoms with E-state index in [0.29, 0.717) is 42.6 Å². The lowest BCUT2D eigenvalue weighted by Crippen LogP contribution is -2.54. The molecule has 0 unspecified atom stereocenters. The summed E-state index contributed by atoms with van der Waals surface area (Å²) < 4.78 is 73.6. The van der Waals surface area contributed by atoms with Crippen molar-refractivity contribution in [2.75, 3.05) is 6.61 Å². The van der Waals surface area contributed by atoms with Crippen molar-refractivity contribution in [2.45, 2.75) is 96.9 Å². The van der Waals surface area contributed by atoms with Crippen LogP contribution >= 0.6 is 0 Å². The van der Waals surface area contributed by atoms with Crippen LogP contribution in [0, 0.1) is 40.4 Å². The summed E-state index contributed by atoms with van der Waals surface area (Å²) in [5.41, 5.74) is 1.35. The van der Waals surface area contributed by atoms with Gasteiger partial charge < -0.3 is 10.2 Å². The highest BCUT2D eigenvalue weighted by Crippen LogP contribution is 2.67. The molecule has 0 aromatic carbocycles. The van der Waals surface area contributed by atoms with Crippen molar-refractivity contribution in [3.63, 3.8) is 0 Å². The van der Waals surface area contributed by atoms with E-state index in [1.165, 1.54) is 0 Å². The average molecular weight is 593 g/mol. The molecule has 224 valence electrons. The summed E-state index contributed by atoms with van der Waals surface area (Å²) in [4.78, 5) is 0. The first-order chi connectivity index (χ1) is 17.9. The van der Waals surface area contributed by atoms with Gasteiger partial charge in [-0.25, -0.2) is 8.37 Å². The molecule has 4 aliphatic carbocycles. The molecule has 4 aliphatic rings. The Labute approximate surface area is 232 Å². The third-order valence-corrected chi connectivity index (χ3v) is 11.7. The zero-order chi connectivity index (χ0) is 29.0. The minimum Gasteiger partial charge on any atom is -0.390 e. The minimum atomic E-state index is -4.67. The number of rotatable bonds is 10. The molecule has 0 aromatic rings. The summed E-state index contributed by atoms with van der Waals surface area (Å²) in [6.45, 7) is 9.88. The van der Waals surface area contributed by atoms with Crippen LogP contribution < -0.4 is 0 Å². The van der Waals surface area contributed by atoms with Crippen LogP contribution in [0.4, 0.5) is 0 Å². The molecule has 10 atom stereocenters. The maximum Gasteiger partial charge on any atom is 0.397 e. The Hall–Kier alpha value is -0.860. The summed E-state index contributed by atoms with van der Waals surface area (Å²) in [6.07, 6.45) is 5.61. The second-order valence-electron chi connectivity index (χ2n) is 12.9. The summed E-state index contributed by atoms with van der Waals surface area (Å²) in [7, 11) is -9.26. The van der Waals surface area contributed by atoms with Crippen molar-refractivity contribution in [2.24, 2.45) is 40.4 Å². The lowest BCUT2D eigenvalue weighted by Gasteiger charge is -2.59. The topological polar surface area (TPSA) is 168 Å². The number of aliphatic hydroxyl groups excluding tert-OH is 2. The molecule has 3 fully saturated rings. The molecule has 3 saturated carbocycles. The zero-order valence-corrected chi connectivity index (χ0v) is 24.7. The molecule has 0 radical (unpaired) electrons. The molecular weight excluding hydrogens is 548 g/mol. The Morgan fingerprint density at radius 1 is 1.10 bits per heavy atom. The second-order valence-corrected chi connectivity index (χ2v) is 15.1. The molecule has 10 nitrogen and oxygen atoms in total. The highest BCUT2D eigenvalue weighted by molar-refractivity contribution is 7.81. The summed E-state index contributed by atoms with van der Waals surface area (Å²) in [6, 6.07) is 0. The maximum absolute atomic E-state index is 11.4. The Kier molecular flexibility index (Phi) is 8.84. The third kappa shape index (κ3) is 6.48. The number of hydrogen-bond donors (Lipinski definition) is 4. The predicted molar refractivity (Wildman–Crippen MR) is 144 cm³/mol. The van der Waals surface area contributed by atoms with Gasteiger partial charge in [0.1, 0.15) is 6.10 Å². The van der Waals surface area contributed by atoms with Crippen LogP contribution in [0.25, 0.3) is 0 Å². The van der Waals surface area contributed by atoms with E-state index in [4.69, 9.17) is 12.9 Å². The number of fused-ring (bicyclic) bond motifs is 5. The van der Waals surface area contributed by atoms with Gasteiger partial charge in [0.15, 0.2) is 0 Å². The Balaban J connectivity index is 1.55. The summed E-state index contributed by atoms with van der Waals surface area (Å²) >= 11 is 0. The first-order valence-electron chi connectivity index (χ1n) is 13.9. The Bertz CT molecular complexity index is 1180. The molecule has 4 N–H and O–H groups in total. The van der Waals surface area contributed by atoms with Gasteiger partial charge >= 0.3 is 20.8 Å². The predicted octanol–water partition coefficient (Wildman–Crippen LogP) is 3.88. The van der Waals surface area contributed by atoms with Crippen molar-refractivity contribution >= 4 is 20.8 Å². The van der Waals surface area contributed by atoms with E-state index in [1.54, 1.807) is 6.92 Å². The van der Waals surface area contributed by atoms with Crippen LogP contribution in [0.5, 0.6) is 0 Å². The van der Waals surface area contributed by atoms with Gasteiger partial charge in [-0.1, -0.05) is 37.6 Å². The van der Waals surface area contributed by atoms with Crippen molar-refractivity contribution in [3.8, 4) is 0 Å².